The molecule has 1 saturated carbocycles. The number of carbonyl (C=O) groups is 6. The molecule has 4 aliphatic heterocycles. The lowest BCUT2D eigenvalue weighted by atomic mass is 9.94. The molecular weight excluding hydrogens is 997 g/mol. The zero-order valence-corrected chi connectivity index (χ0v) is 44.3. The van der Waals surface area contributed by atoms with Crippen LogP contribution >= 0.6 is 0 Å². The largest absolute Gasteiger partial charge is 0.496 e. The number of anilines is 1. The molecule has 3 aromatic carbocycles. The maximum absolute atomic E-state index is 14.5. The molecule has 21 nitrogen and oxygen atoms in total. The number of nitrogens with zero attached hydrogens (tertiary/aromatic N) is 9. The second-order valence-electron chi connectivity index (χ2n) is 21.6. The molecule has 3 saturated heterocycles. The number of ether oxygens (including phenoxy) is 2. The molecule has 404 valence electrons. The van der Waals surface area contributed by atoms with Crippen molar-refractivity contribution in [2.24, 2.45) is 13.0 Å². The number of hydrogen-bond donors (Lipinski definition) is 3. The van der Waals surface area contributed by atoms with Gasteiger partial charge in [-0.3, -0.25) is 52.9 Å². The number of imide groups is 2. The van der Waals surface area contributed by atoms with E-state index in [2.05, 4.69) is 57.5 Å². The molecule has 0 radical (unpaired) electrons. The van der Waals surface area contributed by atoms with Crippen LogP contribution in [0.25, 0.3) is 55.4 Å². The Hall–Kier alpha value is -8.33. The third kappa shape index (κ3) is 8.54. The molecule has 4 fully saturated rings. The predicted molar refractivity (Wildman–Crippen MR) is 291 cm³/mol. The van der Waals surface area contributed by atoms with E-state index in [1.807, 2.05) is 44.6 Å². The fraction of sp³-hybridized carbons (Fsp3) is 0.421. The fourth-order valence-electron chi connectivity index (χ4n) is 12.8. The highest BCUT2D eigenvalue weighted by Gasteiger charge is 2.46. The first-order chi connectivity index (χ1) is 37.7. The number of imidazole rings is 1. The summed E-state index contributed by atoms with van der Waals surface area (Å²) in [5.41, 5.74) is 7.76. The van der Waals surface area contributed by atoms with Gasteiger partial charge in [0, 0.05) is 93.9 Å². The van der Waals surface area contributed by atoms with Crippen LogP contribution in [0.4, 0.5) is 10.5 Å². The Labute approximate surface area is 448 Å². The summed E-state index contributed by atoms with van der Waals surface area (Å²) in [5, 5.41) is 11.6. The fourth-order valence-corrected chi connectivity index (χ4v) is 12.8. The van der Waals surface area contributed by atoms with Gasteiger partial charge in [0.05, 0.1) is 76.6 Å². The van der Waals surface area contributed by atoms with E-state index in [1.165, 1.54) is 7.11 Å². The number of aryl methyl sites for hydroxylation is 1. The Morgan fingerprint density at radius 1 is 0.833 bits per heavy atom. The van der Waals surface area contributed by atoms with Crippen LogP contribution in [0.2, 0.25) is 0 Å². The van der Waals surface area contributed by atoms with Gasteiger partial charge in [-0.2, -0.15) is 5.10 Å². The summed E-state index contributed by atoms with van der Waals surface area (Å²) in [6, 6.07) is 15.9. The predicted octanol–water partition coefficient (Wildman–Crippen LogP) is 6.01. The molecule has 8 heterocycles. The van der Waals surface area contributed by atoms with Crippen LogP contribution in [0.1, 0.15) is 102 Å². The molecule has 4 aromatic heterocycles. The molecule has 21 heteroatoms. The zero-order chi connectivity index (χ0) is 54.3. The first-order valence-electron chi connectivity index (χ1n) is 26.9. The van der Waals surface area contributed by atoms with Gasteiger partial charge in [-0.25, -0.2) is 14.6 Å². The van der Waals surface area contributed by atoms with Crippen LogP contribution in [-0.2, 0) is 21.4 Å². The van der Waals surface area contributed by atoms with Crippen LogP contribution < -0.4 is 26.0 Å². The number of amides is 6. The Bertz CT molecular complexity index is 3690. The van der Waals surface area contributed by atoms with E-state index in [0.29, 0.717) is 85.1 Å². The lowest BCUT2D eigenvalue weighted by Crippen LogP contribution is -2.54. The molecule has 0 spiro atoms. The normalized spacial score (nSPS) is 20.4. The number of piperidine rings is 2. The van der Waals surface area contributed by atoms with E-state index in [0.717, 1.165) is 81.6 Å². The van der Waals surface area contributed by atoms with Crippen molar-refractivity contribution in [3.63, 3.8) is 0 Å². The summed E-state index contributed by atoms with van der Waals surface area (Å²) in [5.74, 6) is -1.37. The number of pyridine rings is 1. The Morgan fingerprint density at radius 3 is 2.36 bits per heavy atom. The van der Waals surface area contributed by atoms with E-state index in [4.69, 9.17) is 19.6 Å². The highest BCUT2D eigenvalue weighted by atomic mass is 16.5. The lowest BCUT2D eigenvalue weighted by molar-refractivity contribution is -0.136. The van der Waals surface area contributed by atoms with E-state index in [9.17, 15) is 33.6 Å². The quantitative estimate of drug-likeness (QED) is 0.126. The minimum Gasteiger partial charge on any atom is -0.496 e. The van der Waals surface area contributed by atoms with Crippen LogP contribution in [0.15, 0.2) is 71.8 Å². The van der Waals surface area contributed by atoms with Gasteiger partial charge in [0.1, 0.15) is 17.4 Å². The second kappa shape index (κ2) is 19.9. The number of piperazine rings is 1. The van der Waals surface area contributed by atoms with Gasteiger partial charge in [0.15, 0.2) is 0 Å². The van der Waals surface area contributed by atoms with Crippen molar-refractivity contribution in [3.05, 3.63) is 94.2 Å². The third-order valence-corrected chi connectivity index (χ3v) is 16.8. The molecule has 0 bridgehead atoms. The number of alkyl carbamates (subject to hydrolysis) is 1. The minimum absolute atomic E-state index is 0.0618. The van der Waals surface area contributed by atoms with Crippen LogP contribution in [0, 0.1) is 5.92 Å². The van der Waals surface area contributed by atoms with Crippen molar-refractivity contribution < 1.29 is 38.2 Å². The Morgan fingerprint density at radius 2 is 1.62 bits per heavy atom. The number of nitrogens with one attached hydrogen (secondary N) is 3. The van der Waals surface area contributed by atoms with Crippen molar-refractivity contribution in [2.45, 2.75) is 83.0 Å². The number of H-pyrrole nitrogens is 1. The maximum Gasteiger partial charge on any atom is 0.407 e. The van der Waals surface area contributed by atoms with E-state index in [1.54, 1.807) is 37.1 Å². The third-order valence-electron chi connectivity index (χ3n) is 16.8. The highest BCUT2D eigenvalue weighted by molar-refractivity contribution is 6.25. The van der Waals surface area contributed by atoms with Crippen molar-refractivity contribution >= 4 is 74.3 Å². The first kappa shape index (κ1) is 50.5. The number of benzene rings is 3. The second-order valence-corrected chi connectivity index (χ2v) is 21.6. The van der Waals surface area contributed by atoms with Crippen LogP contribution in [0.5, 0.6) is 5.75 Å². The van der Waals surface area contributed by atoms with Crippen molar-refractivity contribution in [2.75, 3.05) is 64.9 Å². The average Bonchev–Trinajstić information content (AvgIpc) is 4.38. The maximum atomic E-state index is 14.5. The van der Waals surface area contributed by atoms with Crippen molar-refractivity contribution in [1.82, 2.24) is 54.2 Å². The summed E-state index contributed by atoms with van der Waals surface area (Å²) >= 11 is 0. The molecular formula is C57H62N12O9. The Balaban J connectivity index is 0.771. The molecule has 1 aliphatic carbocycles. The molecule has 12 rings (SSSR count). The Kier molecular flexibility index (Phi) is 12.9. The number of methoxy groups -OCH3 is 2. The van der Waals surface area contributed by atoms with Crippen molar-refractivity contribution in [1.29, 1.82) is 0 Å². The van der Waals surface area contributed by atoms with E-state index >= 15 is 0 Å². The number of rotatable bonds is 11. The highest BCUT2D eigenvalue weighted by Crippen LogP contribution is 2.45. The van der Waals surface area contributed by atoms with Gasteiger partial charge in [-0.05, 0) is 100 Å². The summed E-state index contributed by atoms with van der Waals surface area (Å²) in [6.07, 6.45) is 6.85. The molecule has 7 aromatic rings. The smallest absolute Gasteiger partial charge is 0.407 e. The topological polar surface area (TPSA) is 231 Å². The SMILES string of the molecule is COC(=O)N[C@@H]1CC[C@@H](n2c(=O)n(C)c3cnc4[nH]c(-c5ccc(C(=O)N6CCC(CN7CCN(c8cccc9c8C(=O)N(C8CCC(=O)NC8=O)C9=O)CC7)CC6)c(OC)c5)c(-c5ccc6c(cnn6C(C)C)c5)c4c32)C1. The number of fused-ring (bicyclic) bond motifs is 5. The minimum atomic E-state index is -1.02. The molecule has 3 N–H and O–H groups in total. The first-order valence-corrected chi connectivity index (χ1v) is 26.9. The monoisotopic (exact) mass is 1060 g/mol. The van der Waals surface area contributed by atoms with Gasteiger partial charge in [0.2, 0.25) is 11.8 Å². The molecule has 3 atom stereocenters. The van der Waals surface area contributed by atoms with Gasteiger partial charge >= 0.3 is 11.8 Å². The van der Waals surface area contributed by atoms with Crippen LogP contribution in [-0.4, -0.2) is 151 Å². The van der Waals surface area contributed by atoms with Gasteiger partial charge in [-0.15, -0.1) is 0 Å². The van der Waals surface area contributed by atoms with Crippen molar-refractivity contribution in [3.8, 4) is 28.1 Å². The van der Waals surface area contributed by atoms with Gasteiger partial charge in [-0.1, -0.05) is 18.2 Å². The molecule has 1 unspecified atom stereocenters. The molecule has 78 heavy (non-hydrogen) atoms. The number of aromatic nitrogens is 6. The van der Waals surface area contributed by atoms with Gasteiger partial charge in [0.25, 0.3) is 17.7 Å². The summed E-state index contributed by atoms with van der Waals surface area (Å²) in [6.45, 7) is 9.05. The summed E-state index contributed by atoms with van der Waals surface area (Å²) < 4.78 is 16.4. The lowest BCUT2D eigenvalue weighted by Gasteiger charge is -2.40. The van der Waals surface area contributed by atoms with E-state index in [-0.39, 0.29) is 48.1 Å². The molecule has 6 amide bonds. The number of carbonyl (C=O) groups excluding carboxylic acids is 6. The summed E-state index contributed by atoms with van der Waals surface area (Å²) in [7, 11) is 4.68. The standard InChI is InChI=1S/C57H62N12O9/c1-31(2)69-40-14-10-33(25-35(40)28-59-69)46-48-50-43(63(3)57(76)67(50)37-12-11-36(27-37)60-56(75)78-5)29-58-51(48)62-49(46)34-9-13-38(44(26-34)77-4)53(72)66-19-17-32(18-20-66)30-64-21-23-65(24-22-64)41-8-6-7-39-47(41)55(74)68(54(39)73)42-15-16-45(70)61-52(42)71/h6-10,13-14,25-26,28-29,31-32,36-37,42H,11-12,15-24,27,30H2,1-5H3,(H,58,62)(H,60,75)(H,61,70,71)/t36-,37-,42?/m1/s1. The van der Waals surface area contributed by atoms with Crippen LogP contribution in [0.3, 0.4) is 0 Å². The number of aromatic amines is 1. The average molecular weight is 1060 g/mol. The number of likely N-dealkylation sites (tertiary alicyclic amines) is 1. The zero-order valence-electron chi connectivity index (χ0n) is 44.3. The van der Waals surface area contributed by atoms with E-state index < -0.39 is 35.8 Å². The van der Waals surface area contributed by atoms with Gasteiger partial charge < -0.3 is 29.6 Å². The number of hydrogen-bond acceptors (Lipinski definition) is 13. The molecule has 5 aliphatic rings. The summed E-state index contributed by atoms with van der Waals surface area (Å²) in [4.78, 5) is 109.